The Balaban J connectivity index is 2.07. The fourth-order valence-corrected chi connectivity index (χ4v) is 2.99. The van der Waals surface area contributed by atoms with E-state index in [0.29, 0.717) is 6.04 Å². The maximum Gasteiger partial charge on any atom is 0.246 e. The molecule has 0 bridgehead atoms. The number of nitrogens with zero attached hydrogens (tertiary/aromatic N) is 1. The van der Waals surface area contributed by atoms with Gasteiger partial charge < -0.3 is 4.90 Å². The maximum absolute atomic E-state index is 11.8. The highest BCUT2D eigenvalue weighted by Gasteiger charge is 2.25. The van der Waals surface area contributed by atoms with Crippen LogP contribution in [0.15, 0.2) is 30.2 Å². The molecule has 1 aliphatic rings. The zero-order chi connectivity index (χ0) is 11.4. The van der Waals surface area contributed by atoms with E-state index < -0.39 is 0 Å². The Bertz CT molecular complexity index is 352. The second-order valence-corrected chi connectivity index (χ2v) is 5.22. The van der Waals surface area contributed by atoms with E-state index in [9.17, 15) is 4.79 Å². The first-order valence-corrected chi connectivity index (χ1v) is 6.64. The molecule has 86 valence electrons. The number of amides is 1. The van der Waals surface area contributed by atoms with E-state index >= 15 is 0 Å². The average molecular weight is 235 g/mol. The molecule has 0 spiro atoms. The van der Waals surface area contributed by atoms with Crippen molar-refractivity contribution in [2.75, 3.05) is 0 Å². The van der Waals surface area contributed by atoms with Crippen LogP contribution in [0.4, 0.5) is 0 Å². The predicted molar refractivity (Wildman–Crippen MR) is 67.3 cm³/mol. The molecule has 1 saturated carbocycles. The summed E-state index contributed by atoms with van der Waals surface area (Å²) >= 11 is 1.71. The van der Waals surface area contributed by atoms with Gasteiger partial charge in [0.25, 0.3) is 0 Å². The van der Waals surface area contributed by atoms with Crippen LogP contribution in [0.3, 0.4) is 0 Å². The van der Waals surface area contributed by atoms with Gasteiger partial charge in [0.1, 0.15) is 0 Å². The van der Waals surface area contributed by atoms with Crippen LogP contribution in [0.25, 0.3) is 0 Å². The Morgan fingerprint density at radius 1 is 1.56 bits per heavy atom. The molecule has 1 aliphatic carbocycles. The molecule has 1 heterocycles. The number of carbonyl (C=O) groups is 1. The lowest BCUT2D eigenvalue weighted by atomic mass is 10.2. The van der Waals surface area contributed by atoms with Crippen molar-refractivity contribution in [2.45, 2.75) is 38.3 Å². The SMILES string of the molecule is C=CC(=O)N(Cc1cccs1)C1CCCC1. The fraction of sp³-hybridized carbons (Fsp3) is 0.462. The molecule has 0 N–H and O–H groups in total. The van der Waals surface area contributed by atoms with Crippen molar-refractivity contribution < 1.29 is 4.79 Å². The summed E-state index contributed by atoms with van der Waals surface area (Å²) < 4.78 is 0. The molecule has 1 aromatic heterocycles. The topological polar surface area (TPSA) is 20.3 Å². The van der Waals surface area contributed by atoms with E-state index in [-0.39, 0.29) is 5.91 Å². The molecule has 0 saturated heterocycles. The minimum atomic E-state index is 0.0697. The van der Waals surface area contributed by atoms with Crippen LogP contribution >= 0.6 is 11.3 Å². The molecule has 0 aliphatic heterocycles. The summed E-state index contributed by atoms with van der Waals surface area (Å²) in [6.45, 7) is 4.34. The third kappa shape index (κ3) is 2.53. The summed E-state index contributed by atoms with van der Waals surface area (Å²) in [7, 11) is 0. The van der Waals surface area contributed by atoms with Gasteiger partial charge in [0, 0.05) is 10.9 Å². The number of thiophene rings is 1. The molecule has 0 aromatic carbocycles. The Labute approximate surface area is 101 Å². The van der Waals surface area contributed by atoms with Crippen molar-refractivity contribution in [3.05, 3.63) is 35.0 Å². The minimum absolute atomic E-state index is 0.0697. The van der Waals surface area contributed by atoms with Gasteiger partial charge in [0.2, 0.25) is 5.91 Å². The van der Waals surface area contributed by atoms with Crippen molar-refractivity contribution in [3.8, 4) is 0 Å². The lowest BCUT2D eigenvalue weighted by molar-refractivity contribution is -0.128. The van der Waals surface area contributed by atoms with Gasteiger partial charge in [-0.25, -0.2) is 0 Å². The molecule has 2 nitrogen and oxygen atoms in total. The molecular formula is C13H17NOS. The smallest absolute Gasteiger partial charge is 0.246 e. The Kier molecular flexibility index (Phi) is 3.78. The lowest BCUT2D eigenvalue weighted by Crippen LogP contribution is -2.36. The van der Waals surface area contributed by atoms with Crippen LogP contribution in [-0.2, 0) is 11.3 Å². The predicted octanol–water partition coefficient (Wildman–Crippen LogP) is 3.21. The van der Waals surface area contributed by atoms with E-state index in [1.54, 1.807) is 11.3 Å². The summed E-state index contributed by atoms with van der Waals surface area (Å²) in [5.74, 6) is 0.0697. The first-order chi connectivity index (χ1) is 7.81. The first kappa shape index (κ1) is 11.4. The highest BCUT2D eigenvalue weighted by molar-refractivity contribution is 7.09. The Morgan fingerprint density at radius 2 is 2.31 bits per heavy atom. The average Bonchev–Trinajstić information content (AvgIpc) is 2.97. The largest absolute Gasteiger partial charge is 0.331 e. The molecule has 0 atom stereocenters. The van der Waals surface area contributed by atoms with E-state index in [0.717, 1.165) is 19.4 Å². The summed E-state index contributed by atoms with van der Waals surface area (Å²) in [5, 5.41) is 2.06. The van der Waals surface area contributed by atoms with Gasteiger partial charge in [0.15, 0.2) is 0 Å². The van der Waals surface area contributed by atoms with Crippen LogP contribution in [0.2, 0.25) is 0 Å². The van der Waals surface area contributed by atoms with Crippen molar-refractivity contribution in [1.82, 2.24) is 4.90 Å². The summed E-state index contributed by atoms with van der Waals surface area (Å²) in [6, 6.07) is 4.54. The van der Waals surface area contributed by atoms with E-state index in [1.807, 2.05) is 11.0 Å². The van der Waals surface area contributed by atoms with Crippen LogP contribution in [0, 0.1) is 0 Å². The highest BCUT2D eigenvalue weighted by atomic mass is 32.1. The Hall–Kier alpha value is -1.09. The number of carbonyl (C=O) groups excluding carboxylic acids is 1. The lowest BCUT2D eigenvalue weighted by Gasteiger charge is -2.27. The van der Waals surface area contributed by atoms with Crippen LogP contribution in [0.1, 0.15) is 30.6 Å². The van der Waals surface area contributed by atoms with Gasteiger partial charge in [-0.1, -0.05) is 25.5 Å². The molecule has 3 heteroatoms. The number of hydrogen-bond acceptors (Lipinski definition) is 2. The van der Waals surface area contributed by atoms with Gasteiger partial charge in [-0.15, -0.1) is 11.3 Å². The van der Waals surface area contributed by atoms with Crippen molar-refractivity contribution >= 4 is 17.2 Å². The third-order valence-electron chi connectivity index (χ3n) is 3.13. The normalized spacial score (nSPS) is 16.2. The summed E-state index contributed by atoms with van der Waals surface area (Å²) in [5.41, 5.74) is 0. The molecule has 16 heavy (non-hydrogen) atoms. The van der Waals surface area contributed by atoms with E-state index in [4.69, 9.17) is 0 Å². The van der Waals surface area contributed by atoms with Gasteiger partial charge in [-0.3, -0.25) is 4.79 Å². The zero-order valence-corrected chi connectivity index (χ0v) is 10.2. The van der Waals surface area contributed by atoms with Gasteiger partial charge in [-0.05, 0) is 30.4 Å². The molecule has 0 unspecified atom stereocenters. The standard InChI is InChI=1S/C13H17NOS/c1-2-13(15)14(11-6-3-4-7-11)10-12-8-5-9-16-12/h2,5,8-9,11H,1,3-4,6-7,10H2. The maximum atomic E-state index is 11.8. The molecule has 1 amide bonds. The number of hydrogen-bond donors (Lipinski definition) is 0. The molecule has 2 rings (SSSR count). The van der Waals surface area contributed by atoms with Crippen LogP contribution < -0.4 is 0 Å². The molecule has 0 radical (unpaired) electrons. The van der Waals surface area contributed by atoms with Crippen LogP contribution in [-0.4, -0.2) is 16.8 Å². The molecular weight excluding hydrogens is 218 g/mol. The van der Waals surface area contributed by atoms with Crippen molar-refractivity contribution in [1.29, 1.82) is 0 Å². The second-order valence-electron chi connectivity index (χ2n) is 4.19. The van der Waals surface area contributed by atoms with Crippen molar-refractivity contribution in [2.24, 2.45) is 0 Å². The van der Waals surface area contributed by atoms with E-state index in [2.05, 4.69) is 18.0 Å². The zero-order valence-electron chi connectivity index (χ0n) is 9.39. The molecule has 1 aromatic rings. The number of rotatable bonds is 4. The van der Waals surface area contributed by atoms with Crippen molar-refractivity contribution in [3.63, 3.8) is 0 Å². The second kappa shape index (κ2) is 5.30. The monoisotopic (exact) mass is 235 g/mol. The van der Waals surface area contributed by atoms with Gasteiger partial charge in [-0.2, -0.15) is 0 Å². The summed E-state index contributed by atoms with van der Waals surface area (Å²) in [4.78, 5) is 15.1. The summed E-state index contributed by atoms with van der Waals surface area (Å²) in [6.07, 6.45) is 6.22. The van der Waals surface area contributed by atoms with Crippen LogP contribution in [0.5, 0.6) is 0 Å². The quantitative estimate of drug-likeness (QED) is 0.734. The first-order valence-electron chi connectivity index (χ1n) is 5.76. The minimum Gasteiger partial charge on any atom is -0.331 e. The Morgan fingerprint density at radius 3 is 2.88 bits per heavy atom. The van der Waals surface area contributed by atoms with E-state index in [1.165, 1.54) is 23.8 Å². The molecule has 1 fully saturated rings. The highest BCUT2D eigenvalue weighted by Crippen LogP contribution is 2.26. The van der Waals surface area contributed by atoms with Gasteiger partial charge >= 0.3 is 0 Å². The fourth-order valence-electron chi connectivity index (χ4n) is 2.29. The van der Waals surface area contributed by atoms with Gasteiger partial charge in [0.05, 0.1) is 6.54 Å². The third-order valence-corrected chi connectivity index (χ3v) is 3.99.